The average Bonchev–Trinajstić information content (AvgIpc) is 1.61. The smallest absolute Gasteiger partial charge is 0.328 e. The van der Waals surface area contributed by atoms with Crippen molar-refractivity contribution >= 4 is 41.5 Å². The second-order valence-corrected chi connectivity index (χ2v) is 1.01. The molecule has 0 aliphatic rings. The molecule has 0 spiro atoms. The van der Waals surface area contributed by atoms with Crippen molar-refractivity contribution in [3.05, 3.63) is 12.2 Å². The Morgan fingerprint density at radius 3 is 1.33 bits per heavy atom. The Labute approximate surface area is 73.5 Å². The zero-order valence-corrected chi connectivity index (χ0v) is 6.87. The number of carbonyl (C=O) groups is 2. The molecule has 0 bridgehead atoms. The van der Waals surface area contributed by atoms with Crippen LogP contribution in [0.4, 0.5) is 0 Å². The van der Waals surface area contributed by atoms with Gasteiger partial charge in [-0.3, -0.25) is 0 Å². The van der Waals surface area contributed by atoms with Crippen molar-refractivity contribution in [3.8, 4) is 0 Å². The van der Waals surface area contributed by atoms with E-state index >= 15 is 0 Å². The molecule has 45 valence electrons. The van der Waals surface area contributed by atoms with Crippen molar-refractivity contribution in [3.63, 3.8) is 0 Å². The molecule has 0 aromatic rings. The molecule has 5 heteroatoms. The van der Waals surface area contributed by atoms with Gasteiger partial charge in [-0.1, -0.05) is 0 Å². The maximum absolute atomic E-state index is 9.55. The van der Waals surface area contributed by atoms with Crippen LogP contribution < -0.4 is 0 Å². The van der Waals surface area contributed by atoms with Crippen molar-refractivity contribution in [2.24, 2.45) is 0 Å². The number of hydrogen-bond donors (Lipinski definition) is 2. The number of carboxylic acid groups (broad SMARTS) is 2. The van der Waals surface area contributed by atoms with Crippen LogP contribution in [0.1, 0.15) is 0 Å². The minimum absolute atomic E-state index is 0. The van der Waals surface area contributed by atoms with Gasteiger partial charge in [0, 0.05) is 41.7 Å². The third kappa shape index (κ3) is 11.3. The molecule has 4 nitrogen and oxygen atoms in total. The maximum Gasteiger partial charge on any atom is 0.328 e. The van der Waals surface area contributed by atoms with Crippen LogP contribution in [0, 0.1) is 0 Å². The van der Waals surface area contributed by atoms with Crippen LogP contribution >= 0.6 is 0 Å². The summed E-state index contributed by atoms with van der Waals surface area (Å²) in [6, 6.07) is 0. The van der Waals surface area contributed by atoms with E-state index < -0.39 is 11.9 Å². The molecule has 0 aliphatic carbocycles. The van der Waals surface area contributed by atoms with Gasteiger partial charge >= 0.3 is 11.9 Å². The summed E-state index contributed by atoms with van der Waals surface area (Å²) in [5.74, 6) is -2.51. The van der Waals surface area contributed by atoms with Gasteiger partial charge in [-0.15, -0.1) is 0 Å². The minimum Gasteiger partial charge on any atom is -0.478 e. The standard InChI is InChI=1S/C4H4O4.Na/c5-3(6)1-2-4(7)8;/h1-2H,(H,5,6)(H,7,8);/b2-1+;. The van der Waals surface area contributed by atoms with Gasteiger partial charge in [0.2, 0.25) is 0 Å². The summed E-state index contributed by atoms with van der Waals surface area (Å²) in [7, 11) is 0. The number of carboxylic acids is 2. The normalized spacial score (nSPS) is 8.44. The summed E-state index contributed by atoms with van der Waals surface area (Å²) in [5, 5.41) is 15.6. The van der Waals surface area contributed by atoms with Crippen LogP contribution in [-0.4, -0.2) is 51.7 Å². The molecule has 0 atom stereocenters. The van der Waals surface area contributed by atoms with Gasteiger partial charge < -0.3 is 10.2 Å². The summed E-state index contributed by atoms with van der Waals surface area (Å²) < 4.78 is 0. The molecule has 0 aromatic carbocycles. The van der Waals surface area contributed by atoms with Crippen LogP contribution in [0.15, 0.2) is 12.2 Å². The SMILES string of the molecule is O=C(O)/C=C/C(=O)O.[Na]. The van der Waals surface area contributed by atoms with E-state index in [0.717, 1.165) is 0 Å². The predicted molar refractivity (Wildman–Crippen MR) is 30.2 cm³/mol. The predicted octanol–water partition coefficient (Wildman–Crippen LogP) is -0.669. The zero-order valence-electron chi connectivity index (χ0n) is 4.87. The van der Waals surface area contributed by atoms with E-state index in [9.17, 15) is 9.59 Å². The van der Waals surface area contributed by atoms with E-state index in [2.05, 4.69) is 0 Å². The fourth-order valence-corrected chi connectivity index (χ4v) is 0.143. The number of rotatable bonds is 2. The average molecular weight is 139 g/mol. The Morgan fingerprint density at radius 2 is 1.22 bits per heavy atom. The molecule has 2 N–H and O–H groups in total. The molecule has 0 heterocycles. The fourth-order valence-electron chi connectivity index (χ4n) is 0.143. The Hall–Kier alpha value is -0.320. The van der Waals surface area contributed by atoms with Crippen LogP contribution in [0.2, 0.25) is 0 Å². The van der Waals surface area contributed by atoms with Crippen molar-refractivity contribution in [1.29, 1.82) is 0 Å². The van der Waals surface area contributed by atoms with Crippen LogP contribution in [0.3, 0.4) is 0 Å². The first-order chi connectivity index (χ1) is 3.63. The molecule has 0 aliphatic heterocycles. The molecule has 0 rings (SSSR count). The fraction of sp³-hybridized carbons (Fsp3) is 0. The van der Waals surface area contributed by atoms with E-state index in [0.29, 0.717) is 12.2 Å². The van der Waals surface area contributed by atoms with Crippen LogP contribution in [0.25, 0.3) is 0 Å². The Balaban J connectivity index is 0. The molecule has 0 saturated heterocycles. The summed E-state index contributed by atoms with van der Waals surface area (Å²) in [6.45, 7) is 0. The Morgan fingerprint density at radius 1 is 1.00 bits per heavy atom. The monoisotopic (exact) mass is 139 g/mol. The van der Waals surface area contributed by atoms with Gasteiger partial charge in [0.1, 0.15) is 0 Å². The van der Waals surface area contributed by atoms with Crippen molar-refractivity contribution in [1.82, 2.24) is 0 Å². The molecule has 1 radical (unpaired) electrons. The van der Waals surface area contributed by atoms with E-state index in [1.807, 2.05) is 0 Å². The number of aliphatic carboxylic acids is 2. The molecule has 0 saturated carbocycles. The number of hydrogen-bond acceptors (Lipinski definition) is 2. The first kappa shape index (κ1) is 11.5. The minimum atomic E-state index is -1.26. The van der Waals surface area contributed by atoms with Gasteiger partial charge in [-0.25, -0.2) is 9.59 Å². The first-order valence-electron chi connectivity index (χ1n) is 1.77. The van der Waals surface area contributed by atoms with Crippen molar-refractivity contribution in [2.75, 3.05) is 0 Å². The summed E-state index contributed by atoms with van der Waals surface area (Å²) in [6.07, 6.45) is 1.12. The first-order valence-corrected chi connectivity index (χ1v) is 1.77. The second kappa shape index (κ2) is 5.81. The molecular formula is C4H4NaO4. The quantitative estimate of drug-likeness (QED) is 0.393. The third-order valence-electron chi connectivity index (χ3n) is 0.368. The van der Waals surface area contributed by atoms with Gasteiger partial charge in [0.25, 0.3) is 0 Å². The summed E-state index contributed by atoms with van der Waals surface area (Å²) in [5.41, 5.74) is 0. The second-order valence-electron chi connectivity index (χ2n) is 1.01. The molecule has 0 fully saturated rings. The van der Waals surface area contributed by atoms with Crippen LogP contribution in [0.5, 0.6) is 0 Å². The molecule has 9 heavy (non-hydrogen) atoms. The Kier molecular flexibility index (Phi) is 7.41. The van der Waals surface area contributed by atoms with Crippen molar-refractivity contribution < 1.29 is 19.8 Å². The van der Waals surface area contributed by atoms with Gasteiger partial charge in [0.05, 0.1) is 0 Å². The summed E-state index contributed by atoms with van der Waals surface area (Å²) >= 11 is 0. The topological polar surface area (TPSA) is 74.6 Å². The van der Waals surface area contributed by atoms with Crippen LogP contribution in [-0.2, 0) is 9.59 Å². The van der Waals surface area contributed by atoms with E-state index in [1.54, 1.807) is 0 Å². The van der Waals surface area contributed by atoms with Gasteiger partial charge in [-0.2, -0.15) is 0 Å². The summed E-state index contributed by atoms with van der Waals surface area (Å²) in [4.78, 5) is 19.1. The van der Waals surface area contributed by atoms with E-state index in [-0.39, 0.29) is 29.6 Å². The largest absolute Gasteiger partial charge is 0.478 e. The molecule has 0 amide bonds. The van der Waals surface area contributed by atoms with Gasteiger partial charge in [0.15, 0.2) is 0 Å². The maximum atomic E-state index is 9.55. The zero-order chi connectivity index (χ0) is 6.57. The van der Waals surface area contributed by atoms with E-state index in [4.69, 9.17) is 10.2 Å². The van der Waals surface area contributed by atoms with E-state index in [1.165, 1.54) is 0 Å². The molecular weight excluding hydrogens is 135 g/mol. The third-order valence-corrected chi connectivity index (χ3v) is 0.368. The molecule has 0 unspecified atom stereocenters. The molecule has 0 aromatic heterocycles. The van der Waals surface area contributed by atoms with Crippen molar-refractivity contribution in [2.45, 2.75) is 0 Å². The Bertz CT molecular complexity index is 124. The van der Waals surface area contributed by atoms with Gasteiger partial charge in [-0.05, 0) is 0 Å².